The lowest BCUT2D eigenvalue weighted by molar-refractivity contribution is 0.0522. The van der Waals surface area contributed by atoms with Crippen molar-refractivity contribution < 1.29 is 19.0 Å². The van der Waals surface area contributed by atoms with Crippen molar-refractivity contribution in [3.63, 3.8) is 0 Å². The smallest absolute Gasteiger partial charge is 0.339 e. The molecule has 3 aromatic rings. The van der Waals surface area contributed by atoms with Crippen molar-refractivity contribution in [1.82, 2.24) is 0 Å². The molecule has 0 aromatic heterocycles. The molecule has 0 saturated carbocycles. The molecule has 4 nitrogen and oxygen atoms in total. The van der Waals surface area contributed by atoms with Crippen LogP contribution in [-0.4, -0.2) is 19.7 Å². The fraction of sp³-hybridized carbons (Fsp3) is 0.208. The normalized spacial score (nSPS) is 10.5. The van der Waals surface area contributed by atoms with E-state index in [1.807, 2.05) is 61.5 Å². The van der Waals surface area contributed by atoms with Gasteiger partial charge in [0.15, 0.2) is 11.5 Å². The number of rotatable bonds is 8. The molecule has 3 rings (SSSR count). The molecule has 0 spiro atoms. The zero-order valence-corrected chi connectivity index (χ0v) is 18.7. The molecule has 0 amide bonds. The first kappa shape index (κ1) is 22.1. The molecule has 0 aliphatic heterocycles. The van der Waals surface area contributed by atoms with Gasteiger partial charge in [0.2, 0.25) is 0 Å². The summed E-state index contributed by atoms with van der Waals surface area (Å²) in [6.07, 6.45) is 0. The van der Waals surface area contributed by atoms with Crippen LogP contribution in [-0.2, 0) is 11.3 Å². The second-order valence-electron chi connectivity index (χ2n) is 6.51. The molecular formula is C24H23ClO4S. The zero-order chi connectivity index (χ0) is 21.5. The van der Waals surface area contributed by atoms with Gasteiger partial charge in [-0.2, -0.15) is 0 Å². The van der Waals surface area contributed by atoms with Crippen LogP contribution in [0.15, 0.2) is 70.5 Å². The van der Waals surface area contributed by atoms with Crippen molar-refractivity contribution in [2.45, 2.75) is 30.2 Å². The molecule has 156 valence electrons. The molecule has 0 atom stereocenters. The summed E-state index contributed by atoms with van der Waals surface area (Å²) in [5, 5.41) is 0.502. The van der Waals surface area contributed by atoms with Crippen LogP contribution in [0.4, 0.5) is 0 Å². The fourth-order valence-corrected chi connectivity index (χ4v) is 4.19. The van der Waals surface area contributed by atoms with Crippen LogP contribution in [0, 0.1) is 6.92 Å². The summed E-state index contributed by atoms with van der Waals surface area (Å²) < 4.78 is 16.7. The van der Waals surface area contributed by atoms with Crippen LogP contribution in [0.3, 0.4) is 0 Å². The lowest BCUT2D eigenvalue weighted by Gasteiger charge is -2.15. The molecule has 6 heteroatoms. The lowest BCUT2D eigenvalue weighted by Crippen LogP contribution is -2.07. The highest BCUT2D eigenvalue weighted by Gasteiger charge is 2.18. The van der Waals surface area contributed by atoms with E-state index in [1.54, 1.807) is 20.1 Å². The van der Waals surface area contributed by atoms with E-state index in [9.17, 15) is 4.79 Å². The molecule has 0 N–H and O–H groups in total. The second kappa shape index (κ2) is 10.4. The summed E-state index contributed by atoms with van der Waals surface area (Å²) >= 11 is 7.63. The maximum absolute atomic E-state index is 12.4. The first-order valence-electron chi connectivity index (χ1n) is 9.51. The Balaban J connectivity index is 1.84. The zero-order valence-electron chi connectivity index (χ0n) is 17.1. The molecule has 0 fully saturated rings. The summed E-state index contributed by atoms with van der Waals surface area (Å²) in [6.45, 7) is 4.45. The van der Waals surface area contributed by atoms with Gasteiger partial charge in [-0.3, -0.25) is 0 Å². The van der Waals surface area contributed by atoms with Crippen molar-refractivity contribution in [2.75, 3.05) is 13.7 Å². The number of carbonyl (C=O) groups is 1. The third-order valence-corrected chi connectivity index (χ3v) is 5.78. The predicted octanol–water partition coefficient (Wildman–Crippen LogP) is 6.56. The molecular weight excluding hydrogens is 420 g/mol. The Morgan fingerprint density at radius 1 is 1.03 bits per heavy atom. The highest BCUT2D eigenvalue weighted by Crippen LogP contribution is 2.39. The summed E-state index contributed by atoms with van der Waals surface area (Å²) in [6, 6.07) is 19.1. The molecule has 0 heterocycles. The third-order valence-electron chi connectivity index (χ3n) is 4.33. The molecule has 30 heavy (non-hydrogen) atoms. The quantitative estimate of drug-likeness (QED) is 0.369. The van der Waals surface area contributed by atoms with E-state index in [2.05, 4.69) is 0 Å². The number of esters is 1. The van der Waals surface area contributed by atoms with Gasteiger partial charge in [-0.15, -0.1) is 0 Å². The standard InChI is InChI=1S/C24H23ClO4S/c1-4-28-24(26)20-13-18(25)12-16(2)23(20)30-19-10-11-21(22(14-19)27-3)29-15-17-8-6-5-7-9-17/h5-14H,4,15H2,1-3H3. The Labute approximate surface area is 186 Å². The van der Waals surface area contributed by atoms with E-state index in [1.165, 1.54) is 11.8 Å². The van der Waals surface area contributed by atoms with Gasteiger partial charge in [-0.1, -0.05) is 53.7 Å². The van der Waals surface area contributed by atoms with Gasteiger partial charge < -0.3 is 14.2 Å². The number of halogens is 1. The van der Waals surface area contributed by atoms with E-state index >= 15 is 0 Å². The molecule has 0 radical (unpaired) electrons. The van der Waals surface area contributed by atoms with Crippen LogP contribution < -0.4 is 9.47 Å². The van der Waals surface area contributed by atoms with Gasteiger partial charge in [0.05, 0.1) is 19.3 Å². The number of aryl methyl sites for hydroxylation is 1. The van der Waals surface area contributed by atoms with E-state index in [0.29, 0.717) is 35.3 Å². The Hall–Kier alpha value is -2.63. The summed E-state index contributed by atoms with van der Waals surface area (Å²) in [7, 11) is 1.61. The highest BCUT2D eigenvalue weighted by atomic mass is 35.5. The first-order valence-corrected chi connectivity index (χ1v) is 10.7. The van der Waals surface area contributed by atoms with Crippen molar-refractivity contribution in [2.24, 2.45) is 0 Å². The van der Waals surface area contributed by atoms with E-state index < -0.39 is 0 Å². The van der Waals surface area contributed by atoms with Gasteiger partial charge in [0.1, 0.15) is 6.61 Å². The van der Waals surface area contributed by atoms with Gasteiger partial charge in [-0.25, -0.2) is 4.79 Å². The molecule has 3 aromatic carbocycles. The number of carbonyl (C=O) groups excluding carboxylic acids is 1. The minimum absolute atomic E-state index is 0.301. The number of hydrogen-bond acceptors (Lipinski definition) is 5. The molecule has 0 unspecified atom stereocenters. The number of hydrogen-bond donors (Lipinski definition) is 0. The first-order chi connectivity index (χ1) is 14.5. The third kappa shape index (κ3) is 5.49. The van der Waals surface area contributed by atoms with E-state index in [0.717, 1.165) is 20.9 Å². The van der Waals surface area contributed by atoms with E-state index in [-0.39, 0.29) is 5.97 Å². The van der Waals surface area contributed by atoms with Crippen LogP contribution in [0.5, 0.6) is 11.5 Å². The minimum Gasteiger partial charge on any atom is -0.493 e. The molecule has 0 aliphatic rings. The molecule has 0 bridgehead atoms. The average molecular weight is 443 g/mol. The number of benzene rings is 3. The Morgan fingerprint density at radius 3 is 2.50 bits per heavy atom. The highest BCUT2D eigenvalue weighted by molar-refractivity contribution is 7.99. The van der Waals surface area contributed by atoms with Crippen LogP contribution in [0.25, 0.3) is 0 Å². The Kier molecular flexibility index (Phi) is 7.66. The molecule has 0 aliphatic carbocycles. The van der Waals surface area contributed by atoms with Gasteiger partial charge in [0, 0.05) is 14.8 Å². The SMILES string of the molecule is CCOC(=O)c1cc(Cl)cc(C)c1Sc1ccc(OCc2ccccc2)c(OC)c1. The van der Waals surface area contributed by atoms with Gasteiger partial charge in [-0.05, 0) is 55.3 Å². The van der Waals surface area contributed by atoms with Crippen molar-refractivity contribution >= 4 is 29.3 Å². The summed E-state index contributed by atoms with van der Waals surface area (Å²) in [5.41, 5.74) is 2.43. The van der Waals surface area contributed by atoms with Gasteiger partial charge in [0.25, 0.3) is 0 Å². The van der Waals surface area contributed by atoms with Crippen molar-refractivity contribution in [3.05, 3.63) is 82.4 Å². The summed E-state index contributed by atoms with van der Waals surface area (Å²) in [4.78, 5) is 14.1. The lowest BCUT2D eigenvalue weighted by atomic mass is 10.1. The number of methoxy groups -OCH3 is 1. The van der Waals surface area contributed by atoms with Crippen molar-refractivity contribution in [3.8, 4) is 11.5 Å². The molecule has 0 saturated heterocycles. The fourth-order valence-electron chi connectivity index (χ4n) is 2.91. The van der Waals surface area contributed by atoms with Crippen LogP contribution in [0.1, 0.15) is 28.4 Å². The second-order valence-corrected chi connectivity index (χ2v) is 8.03. The topological polar surface area (TPSA) is 44.8 Å². The van der Waals surface area contributed by atoms with Gasteiger partial charge >= 0.3 is 5.97 Å². The van der Waals surface area contributed by atoms with Crippen LogP contribution >= 0.6 is 23.4 Å². The minimum atomic E-state index is -0.389. The maximum atomic E-state index is 12.4. The van der Waals surface area contributed by atoms with Crippen LogP contribution in [0.2, 0.25) is 5.02 Å². The van der Waals surface area contributed by atoms with E-state index in [4.69, 9.17) is 25.8 Å². The predicted molar refractivity (Wildman–Crippen MR) is 120 cm³/mol. The Bertz CT molecular complexity index is 1020. The summed E-state index contributed by atoms with van der Waals surface area (Å²) in [5.74, 6) is 0.893. The average Bonchev–Trinajstić information content (AvgIpc) is 2.75. The Morgan fingerprint density at radius 2 is 1.80 bits per heavy atom. The number of ether oxygens (including phenoxy) is 3. The maximum Gasteiger partial charge on any atom is 0.339 e. The monoisotopic (exact) mass is 442 g/mol. The van der Waals surface area contributed by atoms with Crippen molar-refractivity contribution in [1.29, 1.82) is 0 Å². The largest absolute Gasteiger partial charge is 0.493 e.